The molecule has 21 heavy (non-hydrogen) atoms. The summed E-state index contributed by atoms with van der Waals surface area (Å²) in [6.07, 6.45) is 0. The number of carboxylic acids is 2. The van der Waals surface area contributed by atoms with Crippen LogP contribution in [-0.2, 0) is 19.1 Å². The van der Waals surface area contributed by atoms with E-state index in [-0.39, 0.29) is 6.54 Å². The molecule has 120 valence electrons. The molecular formula is C11H19N3O7. The fourth-order valence-electron chi connectivity index (χ4n) is 1.30. The van der Waals surface area contributed by atoms with Crippen molar-refractivity contribution >= 4 is 23.9 Å². The van der Waals surface area contributed by atoms with Gasteiger partial charge in [0.1, 0.15) is 19.1 Å². The Labute approximate surface area is 121 Å². The second-order valence-corrected chi connectivity index (χ2v) is 4.10. The van der Waals surface area contributed by atoms with Gasteiger partial charge in [-0.2, -0.15) is 0 Å². The summed E-state index contributed by atoms with van der Waals surface area (Å²) in [6.45, 7) is 0.381. The molecule has 0 saturated carbocycles. The van der Waals surface area contributed by atoms with Crippen molar-refractivity contribution in [1.29, 1.82) is 0 Å². The van der Waals surface area contributed by atoms with Crippen molar-refractivity contribution in [3.63, 3.8) is 0 Å². The molecule has 1 unspecified atom stereocenters. The van der Waals surface area contributed by atoms with Gasteiger partial charge >= 0.3 is 18.0 Å². The minimum Gasteiger partial charge on any atom is -0.480 e. The maximum Gasteiger partial charge on any atom is 0.323 e. The van der Waals surface area contributed by atoms with Crippen molar-refractivity contribution in [2.24, 2.45) is 0 Å². The predicted octanol–water partition coefficient (Wildman–Crippen LogP) is -1.68. The molecule has 0 aliphatic heterocycles. The molecule has 0 aliphatic carbocycles. The Hall–Kier alpha value is -2.36. The summed E-state index contributed by atoms with van der Waals surface area (Å²) in [5.41, 5.74) is 0. The predicted molar refractivity (Wildman–Crippen MR) is 69.7 cm³/mol. The highest BCUT2D eigenvalue weighted by Gasteiger charge is 2.23. The second-order valence-electron chi connectivity index (χ2n) is 4.10. The third-order valence-electron chi connectivity index (χ3n) is 2.28. The first-order valence-corrected chi connectivity index (χ1v) is 6.03. The highest BCUT2D eigenvalue weighted by molar-refractivity contribution is 5.89. The average molecular weight is 305 g/mol. The van der Waals surface area contributed by atoms with E-state index in [4.69, 9.17) is 14.9 Å². The number of hydrogen-bond acceptors (Lipinski definition) is 5. The summed E-state index contributed by atoms with van der Waals surface area (Å²) >= 11 is 0. The van der Waals surface area contributed by atoms with Crippen LogP contribution in [-0.4, -0.2) is 78.4 Å². The number of rotatable bonds is 9. The summed E-state index contributed by atoms with van der Waals surface area (Å²) in [4.78, 5) is 45.1. The van der Waals surface area contributed by atoms with E-state index < -0.39 is 43.0 Å². The lowest BCUT2D eigenvalue weighted by atomic mass is 10.3. The van der Waals surface area contributed by atoms with E-state index in [0.717, 1.165) is 0 Å². The lowest BCUT2D eigenvalue weighted by Crippen LogP contribution is -2.52. The molecule has 3 amide bonds. The van der Waals surface area contributed by atoms with Crippen LogP contribution in [0.4, 0.5) is 4.79 Å². The number of hydrogen-bond donors (Lipinski definition) is 4. The normalized spacial score (nSPS) is 11.3. The molecule has 0 fully saturated rings. The van der Waals surface area contributed by atoms with Crippen LogP contribution in [0.2, 0.25) is 0 Å². The molecule has 0 aliphatic rings. The van der Waals surface area contributed by atoms with E-state index >= 15 is 0 Å². The van der Waals surface area contributed by atoms with Gasteiger partial charge in [0.25, 0.3) is 0 Å². The van der Waals surface area contributed by atoms with E-state index in [2.05, 4.69) is 10.6 Å². The number of nitrogens with zero attached hydrogens (tertiary/aromatic N) is 1. The SMILES string of the molecule is COCCNC(=O)C(C)NC(=O)N(CC(=O)O)CC(=O)O. The minimum atomic E-state index is -1.36. The standard InChI is InChI=1S/C11H19N3O7/c1-7(10(19)12-3-4-21-2)13-11(20)14(5-8(15)16)6-9(17)18/h7H,3-6H2,1-2H3,(H,12,19)(H,13,20)(H,15,16)(H,17,18). The zero-order chi connectivity index (χ0) is 16.4. The molecule has 10 heteroatoms. The Bertz CT molecular complexity index is 383. The fraction of sp³-hybridized carbons (Fsp3) is 0.636. The fourth-order valence-corrected chi connectivity index (χ4v) is 1.30. The molecule has 0 saturated heterocycles. The lowest BCUT2D eigenvalue weighted by Gasteiger charge is -2.21. The van der Waals surface area contributed by atoms with Crippen LogP contribution >= 0.6 is 0 Å². The summed E-state index contributed by atoms with van der Waals surface area (Å²) in [5, 5.41) is 22.0. The third kappa shape index (κ3) is 8.42. The van der Waals surface area contributed by atoms with Gasteiger partial charge in [0, 0.05) is 13.7 Å². The first-order valence-electron chi connectivity index (χ1n) is 6.03. The minimum absolute atomic E-state index is 0.253. The van der Waals surface area contributed by atoms with Crippen molar-refractivity contribution in [3.05, 3.63) is 0 Å². The van der Waals surface area contributed by atoms with E-state index in [1.807, 2.05) is 0 Å². The molecule has 0 aromatic rings. The number of methoxy groups -OCH3 is 1. The van der Waals surface area contributed by atoms with Crippen molar-refractivity contribution in [3.8, 4) is 0 Å². The number of carbonyl (C=O) groups excluding carboxylic acids is 2. The summed E-state index contributed by atoms with van der Waals surface area (Å²) in [5.74, 6) is -3.21. The average Bonchev–Trinajstić information content (AvgIpc) is 2.36. The first-order chi connectivity index (χ1) is 9.77. The van der Waals surface area contributed by atoms with Gasteiger partial charge in [-0.25, -0.2) is 4.79 Å². The second kappa shape index (κ2) is 9.53. The molecule has 0 aromatic heterocycles. The van der Waals surface area contributed by atoms with Crippen LogP contribution in [0.15, 0.2) is 0 Å². The Kier molecular flexibility index (Phi) is 8.46. The molecule has 0 heterocycles. The Morgan fingerprint density at radius 1 is 1.14 bits per heavy atom. The molecular weight excluding hydrogens is 286 g/mol. The molecule has 0 rings (SSSR count). The largest absolute Gasteiger partial charge is 0.480 e. The van der Waals surface area contributed by atoms with Gasteiger partial charge in [0.05, 0.1) is 6.61 Å². The van der Waals surface area contributed by atoms with Crippen molar-refractivity contribution in [1.82, 2.24) is 15.5 Å². The Balaban J connectivity index is 4.47. The Morgan fingerprint density at radius 2 is 1.67 bits per heavy atom. The van der Waals surface area contributed by atoms with E-state index in [1.54, 1.807) is 0 Å². The first kappa shape index (κ1) is 18.6. The molecule has 0 radical (unpaired) electrons. The highest BCUT2D eigenvalue weighted by Crippen LogP contribution is 1.93. The van der Waals surface area contributed by atoms with Crippen LogP contribution < -0.4 is 10.6 Å². The van der Waals surface area contributed by atoms with Crippen molar-refractivity contribution in [2.75, 3.05) is 33.4 Å². The molecule has 10 nitrogen and oxygen atoms in total. The zero-order valence-electron chi connectivity index (χ0n) is 11.8. The van der Waals surface area contributed by atoms with E-state index in [1.165, 1.54) is 14.0 Å². The van der Waals surface area contributed by atoms with Gasteiger partial charge in [-0.1, -0.05) is 0 Å². The van der Waals surface area contributed by atoms with Gasteiger partial charge in [-0.05, 0) is 6.92 Å². The van der Waals surface area contributed by atoms with E-state index in [0.29, 0.717) is 11.5 Å². The summed E-state index contributed by atoms with van der Waals surface area (Å²) in [6, 6.07) is -1.89. The quantitative estimate of drug-likeness (QED) is 0.372. The number of urea groups is 1. The van der Waals surface area contributed by atoms with Crippen LogP contribution in [0.25, 0.3) is 0 Å². The zero-order valence-corrected chi connectivity index (χ0v) is 11.8. The maximum atomic E-state index is 11.7. The van der Waals surface area contributed by atoms with Crippen molar-refractivity contribution in [2.45, 2.75) is 13.0 Å². The third-order valence-corrected chi connectivity index (χ3v) is 2.28. The van der Waals surface area contributed by atoms with Gasteiger partial charge < -0.3 is 30.5 Å². The van der Waals surface area contributed by atoms with Gasteiger partial charge in [-0.15, -0.1) is 0 Å². The summed E-state index contributed by atoms with van der Waals surface area (Å²) in [7, 11) is 1.47. The molecule has 0 aromatic carbocycles. The van der Waals surface area contributed by atoms with Gasteiger partial charge in [-0.3, -0.25) is 14.4 Å². The van der Waals surface area contributed by atoms with Gasteiger partial charge in [0.2, 0.25) is 5.91 Å². The molecule has 0 bridgehead atoms. The monoisotopic (exact) mass is 305 g/mol. The lowest BCUT2D eigenvalue weighted by molar-refractivity contribution is -0.140. The van der Waals surface area contributed by atoms with Crippen molar-refractivity contribution < 1.29 is 34.1 Å². The number of ether oxygens (including phenoxy) is 1. The smallest absolute Gasteiger partial charge is 0.323 e. The van der Waals surface area contributed by atoms with Crippen LogP contribution in [0.1, 0.15) is 6.92 Å². The van der Waals surface area contributed by atoms with Gasteiger partial charge in [0.15, 0.2) is 0 Å². The molecule has 0 spiro atoms. The number of carbonyl (C=O) groups is 4. The highest BCUT2D eigenvalue weighted by atomic mass is 16.5. The molecule has 1 atom stereocenters. The number of nitrogens with one attached hydrogen (secondary N) is 2. The van der Waals surface area contributed by atoms with Crippen LogP contribution in [0.3, 0.4) is 0 Å². The van der Waals surface area contributed by atoms with E-state index in [9.17, 15) is 19.2 Å². The number of aliphatic carboxylic acids is 2. The van der Waals surface area contributed by atoms with Crippen LogP contribution in [0, 0.1) is 0 Å². The number of amides is 3. The maximum absolute atomic E-state index is 11.7. The molecule has 4 N–H and O–H groups in total. The number of carboxylic acid groups (broad SMARTS) is 2. The van der Waals surface area contributed by atoms with Crippen LogP contribution in [0.5, 0.6) is 0 Å². The summed E-state index contributed by atoms with van der Waals surface area (Å²) < 4.78 is 4.74. The topological polar surface area (TPSA) is 145 Å². The Morgan fingerprint density at radius 3 is 2.10 bits per heavy atom.